The van der Waals surface area contributed by atoms with Gasteiger partial charge in [0.1, 0.15) is 6.61 Å². The van der Waals surface area contributed by atoms with Gasteiger partial charge < -0.3 is 34.3 Å². The summed E-state index contributed by atoms with van der Waals surface area (Å²) in [5.74, 6) is -8.17. The van der Waals surface area contributed by atoms with Crippen LogP contribution in [0.3, 0.4) is 0 Å². The van der Waals surface area contributed by atoms with Crippen LogP contribution in [0.2, 0.25) is 0 Å². The Kier molecular flexibility index (Phi) is 16.9. The second-order valence-corrected chi connectivity index (χ2v) is 8.97. The summed E-state index contributed by atoms with van der Waals surface area (Å²) in [6.07, 6.45) is 15.7. The molecular weight excluding hydrogens is 500 g/mol. The van der Waals surface area contributed by atoms with E-state index in [1.165, 1.54) is 19.3 Å². The molecule has 0 aromatic heterocycles. The predicted molar refractivity (Wildman–Crippen MR) is 135 cm³/mol. The fourth-order valence-corrected chi connectivity index (χ4v) is 3.53. The summed E-state index contributed by atoms with van der Waals surface area (Å²) in [7, 11) is 0. The van der Waals surface area contributed by atoms with Gasteiger partial charge in [-0.15, -0.1) is 0 Å². The van der Waals surface area contributed by atoms with Crippen molar-refractivity contribution in [3.8, 4) is 0 Å². The number of rotatable bonds is 18. The summed E-state index contributed by atoms with van der Waals surface area (Å²) in [5, 5.41) is 28.4. The first-order valence-electron chi connectivity index (χ1n) is 13.3. The first-order chi connectivity index (χ1) is 18.3. The summed E-state index contributed by atoms with van der Waals surface area (Å²) in [6, 6.07) is 0. The number of hydrogen-bond acceptors (Lipinski definition) is 11. The Bertz CT molecular complexity index is 790. The minimum atomic E-state index is -2.90. The van der Waals surface area contributed by atoms with Crippen LogP contribution < -0.4 is 0 Å². The molecule has 0 spiro atoms. The Balaban J connectivity index is 2.43. The molecule has 0 bridgehead atoms. The van der Waals surface area contributed by atoms with E-state index in [4.69, 9.17) is 14.2 Å². The zero-order valence-electron chi connectivity index (χ0n) is 22.2. The molecule has 1 aliphatic rings. The molecule has 1 fully saturated rings. The molecule has 0 saturated carbocycles. The van der Waals surface area contributed by atoms with Gasteiger partial charge in [-0.05, 0) is 38.5 Å². The van der Waals surface area contributed by atoms with Crippen LogP contribution in [0.25, 0.3) is 0 Å². The number of ether oxygens (including phenoxy) is 4. The van der Waals surface area contributed by atoms with Crippen LogP contribution in [-0.2, 0) is 38.1 Å². The highest BCUT2D eigenvalue weighted by molar-refractivity contribution is 5.90. The number of aliphatic hydroxyl groups excluding tert-OH is 3. The summed E-state index contributed by atoms with van der Waals surface area (Å²) in [4.78, 5) is 49.1. The lowest BCUT2D eigenvalue weighted by atomic mass is 10.1. The van der Waals surface area contributed by atoms with Gasteiger partial charge in [-0.3, -0.25) is 4.79 Å². The van der Waals surface area contributed by atoms with E-state index in [2.05, 4.69) is 36.0 Å². The topological polar surface area (TPSA) is 166 Å². The van der Waals surface area contributed by atoms with Crippen molar-refractivity contribution in [2.24, 2.45) is 0 Å². The van der Waals surface area contributed by atoms with Gasteiger partial charge in [0, 0.05) is 6.42 Å². The predicted octanol–water partition coefficient (Wildman–Crippen LogP) is 2.40. The van der Waals surface area contributed by atoms with Gasteiger partial charge in [-0.2, -0.15) is 0 Å². The third-order valence-electron chi connectivity index (χ3n) is 5.76. The lowest BCUT2D eigenvalue weighted by molar-refractivity contribution is -0.251. The van der Waals surface area contributed by atoms with Crippen molar-refractivity contribution in [3.63, 3.8) is 0 Å². The fourth-order valence-electron chi connectivity index (χ4n) is 3.53. The molecule has 0 aromatic rings. The highest BCUT2D eigenvalue weighted by atomic mass is 16.8. The molecule has 3 N–H and O–H groups in total. The summed E-state index contributed by atoms with van der Waals surface area (Å²) >= 11 is 0. The molecule has 1 heterocycles. The fraction of sp³-hybridized carbons (Fsp3) is 0.704. The van der Waals surface area contributed by atoms with Crippen LogP contribution >= 0.6 is 0 Å². The van der Waals surface area contributed by atoms with Gasteiger partial charge in [-0.25, -0.2) is 14.4 Å². The Hall–Kier alpha value is -2.76. The molecule has 1 rings (SSSR count). The van der Waals surface area contributed by atoms with Crippen molar-refractivity contribution >= 4 is 23.9 Å². The molecule has 11 heteroatoms. The molecule has 11 nitrogen and oxygen atoms in total. The number of aliphatic hydroxyl groups is 3. The standard InChI is InChI=1S/C27H42O11/c1-2-3-4-5-6-7-8-9-10-11-12-13-14-15-16-17-23(31)37-27(20-30)26(34)36-21(18-28)24(32)35-22(19-29)25(33)38-27/h6-7,9-10,21-22,28-30H,2-5,8,11-20H2,1H3/b7-6-,10-9-. The van der Waals surface area contributed by atoms with Crippen LogP contribution in [0.15, 0.2) is 24.3 Å². The lowest BCUT2D eigenvalue weighted by Gasteiger charge is -2.28. The molecule has 3 atom stereocenters. The Morgan fingerprint density at radius 2 is 1.39 bits per heavy atom. The van der Waals surface area contributed by atoms with E-state index in [0.29, 0.717) is 6.42 Å². The van der Waals surface area contributed by atoms with Crippen LogP contribution in [0.1, 0.15) is 84.0 Å². The quantitative estimate of drug-likeness (QED) is 0.101. The molecule has 0 aliphatic carbocycles. The summed E-state index contributed by atoms with van der Waals surface area (Å²) < 4.78 is 19.2. The van der Waals surface area contributed by atoms with E-state index in [9.17, 15) is 34.5 Å². The number of cyclic esters (lactones) is 3. The number of unbranched alkanes of at least 4 members (excludes halogenated alkanes) is 8. The number of esters is 4. The lowest BCUT2D eigenvalue weighted by Crippen LogP contribution is -2.53. The summed E-state index contributed by atoms with van der Waals surface area (Å²) in [6.45, 7) is -1.15. The molecule has 216 valence electrons. The van der Waals surface area contributed by atoms with Crippen molar-refractivity contribution in [2.45, 2.75) is 102 Å². The van der Waals surface area contributed by atoms with Crippen LogP contribution in [0.5, 0.6) is 0 Å². The maximum atomic E-state index is 12.5. The Labute approximate surface area is 223 Å². The van der Waals surface area contributed by atoms with Crippen LogP contribution in [-0.4, -0.2) is 77.0 Å². The van der Waals surface area contributed by atoms with Gasteiger partial charge in [-0.1, -0.05) is 63.3 Å². The first-order valence-corrected chi connectivity index (χ1v) is 13.3. The van der Waals surface area contributed by atoms with E-state index in [-0.39, 0.29) is 6.42 Å². The Morgan fingerprint density at radius 1 is 0.816 bits per heavy atom. The van der Waals surface area contributed by atoms with E-state index in [0.717, 1.165) is 44.9 Å². The molecule has 3 unspecified atom stereocenters. The molecule has 0 amide bonds. The normalized spacial score (nSPS) is 22.5. The smallest absolute Gasteiger partial charge is 0.396 e. The van der Waals surface area contributed by atoms with Crippen molar-refractivity contribution < 1.29 is 53.4 Å². The van der Waals surface area contributed by atoms with Gasteiger partial charge in [0.15, 0.2) is 0 Å². The van der Waals surface area contributed by atoms with E-state index < -0.39 is 61.7 Å². The first kappa shape index (κ1) is 33.3. The third-order valence-corrected chi connectivity index (χ3v) is 5.76. The van der Waals surface area contributed by atoms with Crippen LogP contribution in [0.4, 0.5) is 0 Å². The highest BCUT2D eigenvalue weighted by Crippen LogP contribution is 2.22. The average molecular weight is 543 g/mol. The Morgan fingerprint density at radius 3 is 2.00 bits per heavy atom. The number of carbonyl (C=O) groups excluding carboxylic acids is 4. The summed E-state index contributed by atoms with van der Waals surface area (Å²) in [5.41, 5.74) is 0. The van der Waals surface area contributed by atoms with Gasteiger partial charge >= 0.3 is 29.7 Å². The molecule has 1 saturated heterocycles. The largest absolute Gasteiger partial charge is 0.445 e. The van der Waals surface area contributed by atoms with Crippen molar-refractivity contribution in [1.29, 1.82) is 0 Å². The monoisotopic (exact) mass is 542 g/mol. The second kappa shape index (κ2) is 19.3. The minimum Gasteiger partial charge on any atom is -0.445 e. The number of hydrogen-bond donors (Lipinski definition) is 3. The van der Waals surface area contributed by atoms with E-state index in [1.807, 2.05) is 0 Å². The van der Waals surface area contributed by atoms with E-state index >= 15 is 0 Å². The number of allylic oxidation sites excluding steroid dienone is 4. The average Bonchev–Trinajstić information content (AvgIpc) is 2.94. The second-order valence-electron chi connectivity index (χ2n) is 8.97. The van der Waals surface area contributed by atoms with Crippen molar-refractivity contribution in [2.75, 3.05) is 19.8 Å². The maximum Gasteiger partial charge on any atom is 0.396 e. The molecule has 0 aromatic carbocycles. The van der Waals surface area contributed by atoms with Crippen molar-refractivity contribution in [3.05, 3.63) is 24.3 Å². The van der Waals surface area contributed by atoms with Crippen molar-refractivity contribution in [1.82, 2.24) is 0 Å². The molecule has 0 radical (unpaired) electrons. The van der Waals surface area contributed by atoms with E-state index in [1.54, 1.807) is 0 Å². The molecule has 38 heavy (non-hydrogen) atoms. The molecular formula is C27H42O11. The van der Waals surface area contributed by atoms with Gasteiger partial charge in [0.05, 0.1) is 13.2 Å². The number of carbonyl (C=O) groups is 4. The van der Waals surface area contributed by atoms with Gasteiger partial charge in [0.25, 0.3) is 0 Å². The SMILES string of the molecule is CCCCC/C=C\C/C=C\CCCCCCCC(=O)OC1(CO)OC(=O)C(CO)OC(=O)C(CO)OC1=O. The highest BCUT2D eigenvalue weighted by Gasteiger charge is 2.52. The molecule has 1 aliphatic heterocycles. The zero-order valence-corrected chi connectivity index (χ0v) is 22.2. The van der Waals surface area contributed by atoms with Gasteiger partial charge in [0.2, 0.25) is 12.2 Å². The minimum absolute atomic E-state index is 0.126. The third kappa shape index (κ3) is 12.2. The zero-order chi connectivity index (χ0) is 28.2. The maximum absolute atomic E-state index is 12.5. The van der Waals surface area contributed by atoms with Crippen LogP contribution in [0, 0.1) is 0 Å².